The highest BCUT2D eigenvalue weighted by Gasteiger charge is 2.34. The van der Waals surface area contributed by atoms with Crippen molar-refractivity contribution in [3.8, 4) is 0 Å². The van der Waals surface area contributed by atoms with Gasteiger partial charge in [-0.2, -0.15) is 0 Å². The van der Waals surface area contributed by atoms with Gasteiger partial charge in [-0.05, 0) is 26.2 Å². The number of carboxylic acids is 1. The normalized spacial score (nSPS) is 19.4. The summed E-state index contributed by atoms with van der Waals surface area (Å²) in [6, 6.07) is -0.185. The number of carbonyl (C=O) groups is 2. The van der Waals surface area contributed by atoms with E-state index in [4.69, 9.17) is 5.11 Å². The second-order valence-electron chi connectivity index (χ2n) is 4.96. The molecule has 0 saturated heterocycles. The van der Waals surface area contributed by atoms with Crippen LogP contribution in [-0.4, -0.2) is 41.1 Å². The molecule has 1 rings (SSSR count). The number of nitrogens with one attached hydrogen (secondary N) is 1. The summed E-state index contributed by atoms with van der Waals surface area (Å²) in [5.41, 5.74) is -0.0855. The highest BCUT2D eigenvalue weighted by Crippen LogP contribution is 2.30. The van der Waals surface area contributed by atoms with Crippen molar-refractivity contribution in [1.82, 2.24) is 10.2 Å². The van der Waals surface area contributed by atoms with Crippen LogP contribution in [0.5, 0.6) is 0 Å². The zero-order valence-electron chi connectivity index (χ0n) is 10.1. The molecule has 0 bridgehead atoms. The van der Waals surface area contributed by atoms with Crippen LogP contribution in [0, 0.1) is 5.92 Å². The third-order valence-electron chi connectivity index (χ3n) is 3.18. The highest BCUT2D eigenvalue weighted by atomic mass is 16.4. The summed E-state index contributed by atoms with van der Waals surface area (Å²) in [5, 5.41) is 11.7. The predicted octanol–water partition coefficient (Wildman–Crippen LogP) is 1.29. The van der Waals surface area contributed by atoms with E-state index in [2.05, 4.69) is 5.32 Å². The molecular weight excluding hydrogens is 208 g/mol. The van der Waals surface area contributed by atoms with E-state index in [1.54, 1.807) is 14.0 Å². The summed E-state index contributed by atoms with van der Waals surface area (Å²) in [4.78, 5) is 23.8. The summed E-state index contributed by atoms with van der Waals surface area (Å²) in [6.07, 6.45) is 3.15. The molecule has 0 heterocycles. The second-order valence-corrected chi connectivity index (χ2v) is 4.96. The van der Waals surface area contributed by atoms with E-state index in [9.17, 15) is 9.59 Å². The van der Waals surface area contributed by atoms with Gasteiger partial charge in [-0.15, -0.1) is 0 Å². The molecule has 1 aliphatic rings. The summed E-state index contributed by atoms with van der Waals surface area (Å²) in [5.74, 6) is -1.42. The molecular formula is C11H20N2O3. The minimum absolute atomic E-state index is 0.0855. The Bertz CT molecular complexity index is 287. The first kappa shape index (κ1) is 12.8. The number of carboxylic acid groups (broad SMARTS) is 1. The quantitative estimate of drug-likeness (QED) is 0.761. The van der Waals surface area contributed by atoms with E-state index in [1.807, 2.05) is 6.92 Å². The Kier molecular flexibility index (Phi) is 3.78. The SMILES string of the molecule is CC(CN(C)C(=O)NC1(C)CCC1)C(=O)O. The molecule has 92 valence electrons. The fourth-order valence-electron chi connectivity index (χ4n) is 1.76. The van der Waals surface area contributed by atoms with Crippen LogP contribution in [0.1, 0.15) is 33.1 Å². The first-order valence-electron chi connectivity index (χ1n) is 5.60. The van der Waals surface area contributed by atoms with Gasteiger partial charge in [0.1, 0.15) is 0 Å². The number of nitrogens with zero attached hydrogens (tertiary/aromatic N) is 1. The highest BCUT2D eigenvalue weighted by molar-refractivity contribution is 5.76. The lowest BCUT2D eigenvalue weighted by Crippen LogP contribution is -2.55. The summed E-state index contributed by atoms with van der Waals surface area (Å²) < 4.78 is 0. The van der Waals surface area contributed by atoms with Crippen molar-refractivity contribution < 1.29 is 14.7 Å². The Morgan fingerprint density at radius 1 is 1.50 bits per heavy atom. The third kappa shape index (κ3) is 3.12. The van der Waals surface area contributed by atoms with Gasteiger partial charge in [-0.25, -0.2) is 4.79 Å². The lowest BCUT2D eigenvalue weighted by Gasteiger charge is -2.40. The van der Waals surface area contributed by atoms with Crippen molar-refractivity contribution >= 4 is 12.0 Å². The average molecular weight is 228 g/mol. The monoisotopic (exact) mass is 228 g/mol. The van der Waals surface area contributed by atoms with Crippen LogP contribution in [0.3, 0.4) is 0 Å². The van der Waals surface area contributed by atoms with Gasteiger partial charge in [0.15, 0.2) is 0 Å². The van der Waals surface area contributed by atoms with Gasteiger partial charge in [0.25, 0.3) is 0 Å². The fraction of sp³-hybridized carbons (Fsp3) is 0.818. The Morgan fingerprint density at radius 3 is 2.44 bits per heavy atom. The largest absolute Gasteiger partial charge is 0.481 e. The van der Waals surface area contributed by atoms with Crippen molar-refractivity contribution in [3.63, 3.8) is 0 Å². The number of aliphatic carboxylic acids is 1. The van der Waals surface area contributed by atoms with E-state index in [1.165, 1.54) is 4.90 Å². The Hall–Kier alpha value is -1.26. The van der Waals surface area contributed by atoms with Crippen molar-refractivity contribution in [2.45, 2.75) is 38.6 Å². The number of amides is 2. The first-order valence-corrected chi connectivity index (χ1v) is 5.60. The lowest BCUT2D eigenvalue weighted by atomic mass is 9.79. The van der Waals surface area contributed by atoms with Crippen LogP contribution < -0.4 is 5.32 Å². The number of hydrogen-bond donors (Lipinski definition) is 2. The summed E-state index contributed by atoms with van der Waals surface area (Å²) in [6.45, 7) is 3.84. The molecule has 2 N–H and O–H groups in total. The Balaban J connectivity index is 2.38. The zero-order valence-corrected chi connectivity index (χ0v) is 10.1. The maximum Gasteiger partial charge on any atom is 0.317 e. The van der Waals surface area contributed by atoms with Crippen LogP contribution in [0.4, 0.5) is 4.79 Å². The molecule has 0 aliphatic heterocycles. The fourth-order valence-corrected chi connectivity index (χ4v) is 1.76. The van der Waals surface area contributed by atoms with Crippen molar-refractivity contribution in [1.29, 1.82) is 0 Å². The summed E-state index contributed by atoms with van der Waals surface area (Å²) in [7, 11) is 1.62. The van der Waals surface area contributed by atoms with E-state index in [-0.39, 0.29) is 18.1 Å². The number of carbonyl (C=O) groups excluding carboxylic acids is 1. The zero-order chi connectivity index (χ0) is 12.3. The Labute approximate surface area is 95.8 Å². The van der Waals surface area contributed by atoms with E-state index in [0.717, 1.165) is 19.3 Å². The molecule has 0 aromatic rings. The van der Waals surface area contributed by atoms with Crippen molar-refractivity contribution in [2.75, 3.05) is 13.6 Å². The molecule has 1 fully saturated rings. The number of rotatable bonds is 4. The first-order chi connectivity index (χ1) is 7.34. The second kappa shape index (κ2) is 4.72. The predicted molar refractivity (Wildman–Crippen MR) is 60.2 cm³/mol. The van der Waals surface area contributed by atoms with Crippen LogP contribution >= 0.6 is 0 Å². The van der Waals surface area contributed by atoms with Gasteiger partial charge in [0, 0.05) is 19.1 Å². The smallest absolute Gasteiger partial charge is 0.317 e. The molecule has 0 aromatic carbocycles. The minimum atomic E-state index is -0.880. The minimum Gasteiger partial charge on any atom is -0.481 e. The van der Waals surface area contributed by atoms with Crippen LogP contribution in [0.2, 0.25) is 0 Å². The molecule has 1 aliphatic carbocycles. The van der Waals surface area contributed by atoms with E-state index < -0.39 is 11.9 Å². The Morgan fingerprint density at radius 2 is 2.06 bits per heavy atom. The topological polar surface area (TPSA) is 69.6 Å². The van der Waals surface area contributed by atoms with Crippen molar-refractivity contribution in [3.05, 3.63) is 0 Å². The standard InChI is InChI=1S/C11H20N2O3/c1-8(9(14)15)7-13(3)10(16)12-11(2)5-4-6-11/h8H,4-7H2,1-3H3,(H,12,16)(H,14,15). The van der Waals surface area contributed by atoms with Gasteiger partial charge in [0.05, 0.1) is 5.92 Å². The third-order valence-corrected chi connectivity index (χ3v) is 3.18. The molecule has 0 radical (unpaired) electrons. The van der Waals surface area contributed by atoms with Gasteiger partial charge in [-0.1, -0.05) is 6.92 Å². The molecule has 2 amide bonds. The maximum absolute atomic E-state index is 11.7. The number of urea groups is 1. The molecule has 1 saturated carbocycles. The molecule has 5 nitrogen and oxygen atoms in total. The molecule has 5 heteroatoms. The molecule has 0 aromatic heterocycles. The van der Waals surface area contributed by atoms with Gasteiger partial charge >= 0.3 is 12.0 Å². The molecule has 1 unspecified atom stereocenters. The molecule has 0 spiro atoms. The summed E-state index contributed by atoms with van der Waals surface area (Å²) >= 11 is 0. The van der Waals surface area contributed by atoms with Crippen LogP contribution in [0.25, 0.3) is 0 Å². The van der Waals surface area contributed by atoms with Crippen LogP contribution in [0.15, 0.2) is 0 Å². The molecule has 16 heavy (non-hydrogen) atoms. The van der Waals surface area contributed by atoms with Gasteiger partial charge in [0.2, 0.25) is 0 Å². The van der Waals surface area contributed by atoms with Gasteiger partial charge < -0.3 is 15.3 Å². The molecule has 1 atom stereocenters. The van der Waals surface area contributed by atoms with E-state index in [0.29, 0.717) is 0 Å². The lowest BCUT2D eigenvalue weighted by molar-refractivity contribution is -0.141. The van der Waals surface area contributed by atoms with Crippen LogP contribution in [-0.2, 0) is 4.79 Å². The maximum atomic E-state index is 11.7. The van der Waals surface area contributed by atoms with E-state index >= 15 is 0 Å². The average Bonchev–Trinajstić information content (AvgIpc) is 2.14. The van der Waals surface area contributed by atoms with Crippen molar-refractivity contribution in [2.24, 2.45) is 5.92 Å². The number of hydrogen-bond acceptors (Lipinski definition) is 2. The van der Waals surface area contributed by atoms with Gasteiger partial charge in [-0.3, -0.25) is 4.79 Å².